The lowest BCUT2D eigenvalue weighted by molar-refractivity contribution is -0.121. The number of aromatic nitrogens is 2. The van der Waals surface area contributed by atoms with Gasteiger partial charge in [-0.1, -0.05) is 23.7 Å². The van der Waals surface area contributed by atoms with Crippen LogP contribution in [0.3, 0.4) is 0 Å². The van der Waals surface area contributed by atoms with Crippen LogP contribution < -0.4 is 11.1 Å². The highest BCUT2D eigenvalue weighted by molar-refractivity contribution is 6.30. The van der Waals surface area contributed by atoms with Crippen LogP contribution in [0.4, 0.5) is 0 Å². The van der Waals surface area contributed by atoms with Crippen LogP contribution in [0.1, 0.15) is 40.5 Å². The van der Waals surface area contributed by atoms with Crippen molar-refractivity contribution in [2.45, 2.75) is 31.2 Å². The second-order valence-electron chi connectivity index (χ2n) is 5.81. The quantitative estimate of drug-likeness (QED) is 0.777. The van der Waals surface area contributed by atoms with Crippen molar-refractivity contribution >= 4 is 23.4 Å². The Morgan fingerprint density at radius 3 is 2.61 bits per heavy atom. The normalized spacial score (nSPS) is 19.9. The van der Waals surface area contributed by atoms with E-state index in [2.05, 4.69) is 15.5 Å². The monoisotopic (exact) mass is 332 g/mol. The molecule has 0 atom stereocenters. The average Bonchev–Trinajstić information content (AvgIpc) is 2.94. The van der Waals surface area contributed by atoms with Gasteiger partial charge in [0.2, 0.25) is 5.91 Å². The molecular formula is C16H17ClN4O2. The van der Waals surface area contributed by atoms with Crippen molar-refractivity contribution in [1.82, 2.24) is 15.5 Å². The fourth-order valence-corrected chi connectivity index (χ4v) is 2.84. The van der Waals surface area contributed by atoms with E-state index in [9.17, 15) is 9.59 Å². The molecule has 1 aromatic heterocycles. The fourth-order valence-electron chi connectivity index (χ4n) is 2.72. The van der Waals surface area contributed by atoms with Gasteiger partial charge in [0.1, 0.15) is 5.69 Å². The van der Waals surface area contributed by atoms with Crippen LogP contribution in [-0.4, -0.2) is 28.1 Å². The summed E-state index contributed by atoms with van der Waals surface area (Å²) in [7, 11) is 0. The van der Waals surface area contributed by atoms with Crippen molar-refractivity contribution in [2.24, 2.45) is 5.73 Å². The maximum atomic E-state index is 12.0. The molecular weight excluding hydrogens is 316 g/mol. The number of amides is 2. The van der Waals surface area contributed by atoms with Gasteiger partial charge in [-0.2, -0.15) is 5.10 Å². The molecule has 6 nitrogen and oxygen atoms in total. The van der Waals surface area contributed by atoms with Gasteiger partial charge in [0.05, 0.1) is 12.1 Å². The van der Waals surface area contributed by atoms with Crippen LogP contribution in [0, 0.1) is 0 Å². The van der Waals surface area contributed by atoms with Gasteiger partial charge in [-0.3, -0.25) is 14.7 Å². The minimum Gasteiger partial charge on any atom is -0.364 e. The number of hydrogen-bond donors (Lipinski definition) is 3. The summed E-state index contributed by atoms with van der Waals surface area (Å²) >= 11 is 5.82. The zero-order chi connectivity index (χ0) is 16.4. The molecule has 1 saturated carbocycles. The first kappa shape index (κ1) is 15.6. The third-order valence-electron chi connectivity index (χ3n) is 4.06. The Bertz CT molecular complexity index is 720. The van der Waals surface area contributed by atoms with Gasteiger partial charge < -0.3 is 11.1 Å². The molecule has 4 N–H and O–H groups in total. The van der Waals surface area contributed by atoms with E-state index in [1.807, 2.05) is 12.1 Å². The first-order valence-corrected chi connectivity index (χ1v) is 7.78. The first-order chi connectivity index (χ1) is 11.0. The topological polar surface area (TPSA) is 101 Å². The molecule has 23 heavy (non-hydrogen) atoms. The number of benzene rings is 1. The number of aromatic amines is 1. The Labute approximate surface area is 138 Å². The minimum absolute atomic E-state index is 0.00405. The largest absolute Gasteiger partial charge is 0.364 e. The van der Waals surface area contributed by atoms with Crippen molar-refractivity contribution in [2.75, 3.05) is 0 Å². The van der Waals surface area contributed by atoms with Gasteiger partial charge in [0.25, 0.3) is 5.91 Å². The smallest absolute Gasteiger partial charge is 0.266 e. The Morgan fingerprint density at radius 1 is 1.30 bits per heavy atom. The molecule has 0 unspecified atom stereocenters. The van der Waals surface area contributed by atoms with E-state index in [0.717, 1.165) is 24.1 Å². The molecule has 2 aromatic rings. The lowest BCUT2D eigenvalue weighted by Crippen LogP contribution is -2.44. The highest BCUT2D eigenvalue weighted by Crippen LogP contribution is 2.36. The van der Waals surface area contributed by atoms with E-state index in [1.165, 1.54) is 0 Å². The highest BCUT2D eigenvalue weighted by Gasteiger charge is 2.33. The van der Waals surface area contributed by atoms with E-state index in [1.54, 1.807) is 18.2 Å². The standard InChI is InChI=1S/C16H17ClN4O2/c17-11-3-1-9(2-4-11)5-15(22)19-12-6-10(7-12)13-8-14(16(18)23)21-20-13/h1-4,8,10,12H,5-7H2,(H2,18,23)(H,19,22)(H,20,21)/t10-,12+. The summed E-state index contributed by atoms with van der Waals surface area (Å²) in [5.74, 6) is -0.272. The molecule has 3 rings (SSSR count). The third kappa shape index (κ3) is 3.71. The molecule has 1 fully saturated rings. The summed E-state index contributed by atoms with van der Waals surface area (Å²) in [6.07, 6.45) is 1.97. The summed E-state index contributed by atoms with van der Waals surface area (Å²) in [4.78, 5) is 23.0. The molecule has 0 saturated heterocycles. The van der Waals surface area contributed by atoms with Crippen LogP contribution in [-0.2, 0) is 11.2 Å². The Balaban J connectivity index is 1.46. The number of carbonyl (C=O) groups excluding carboxylic acids is 2. The SMILES string of the molecule is NC(=O)c1cc([C@H]2C[C@@H](NC(=O)Cc3ccc(Cl)cc3)C2)n[nH]1. The zero-order valence-electron chi connectivity index (χ0n) is 12.4. The van der Waals surface area contributed by atoms with Crippen molar-refractivity contribution < 1.29 is 9.59 Å². The van der Waals surface area contributed by atoms with Crippen molar-refractivity contribution in [3.63, 3.8) is 0 Å². The second-order valence-corrected chi connectivity index (χ2v) is 6.24. The Hall–Kier alpha value is -2.34. The number of rotatable bonds is 5. The molecule has 1 aromatic carbocycles. The highest BCUT2D eigenvalue weighted by atomic mass is 35.5. The summed E-state index contributed by atoms with van der Waals surface area (Å²) in [6.45, 7) is 0. The lowest BCUT2D eigenvalue weighted by Gasteiger charge is -2.34. The Morgan fingerprint density at radius 2 is 2.00 bits per heavy atom. The van der Waals surface area contributed by atoms with Crippen LogP contribution in [0.25, 0.3) is 0 Å². The first-order valence-electron chi connectivity index (χ1n) is 7.40. The van der Waals surface area contributed by atoms with Crippen LogP contribution in [0.15, 0.2) is 30.3 Å². The van der Waals surface area contributed by atoms with Gasteiger partial charge >= 0.3 is 0 Å². The summed E-state index contributed by atoms with van der Waals surface area (Å²) < 4.78 is 0. The minimum atomic E-state index is -0.518. The molecule has 0 bridgehead atoms. The summed E-state index contributed by atoms with van der Waals surface area (Å²) in [6, 6.07) is 9.07. The fraction of sp³-hybridized carbons (Fsp3) is 0.312. The van der Waals surface area contributed by atoms with Crippen LogP contribution >= 0.6 is 11.6 Å². The number of nitrogens with one attached hydrogen (secondary N) is 2. The summed E-state index contributed by atoms with van der Waals surface area (Å²) in [5, 5.41) is 10.4. The maximum absolute atomic E-state index is 12.0. The molecule has 0 aliphatic heterocycles. The number of H-pyrrole nitrogens is 1. The van der Waals surface area contributed by atoms with Crippen molar-refractivity contribution in [3.8, 4) is 0 Å². The van der Waals surface area contributed by atoms with E-state index in [-0.39, 0.29) is 17.9 Å². The number of halogens is 1. The van der Waals surface area contributed by atoms with E-state index < -0.39 is 5.91 Å². The summed E-state index contributed by atoms with van der Waals surface area (Å²) in [5.41, 5.74) is 7.26. The van der Waals surface area contributed by atoms with Gasteiger partial charge in [-0.25, -0.2) is 0 Å². The molecule has 0 spiro atoms. The van der Waals surface area contributed by atoms with E-state index in [4.69, 9.17) is 17.3 Å². The predicted octanol–water partition coefficient (Wildman–Crippen LogP) is 1.77. The number of nitrogens with two attached hydrogens (primary N) is 1. The molecule has 0 radical (unpaired) electrons. The predicted molar refractivity (Wildman–Crippen MR) is 86.2 cm³/mol. The van der Waals surface area contributed by atoms with Gasteiger partial charge in [0.15, 0.2) is 0 Å². The molecule has 1 aliphatic rings. The number of carbonyl (C=O) groups is 2. The van der Waals surface area contributed by atoms with Crippen molar-refractivity contribution in [3.05, 3.63) is 52.3 Å². The van der Waals surface area contributed by atoms with Crippen LogP contribution in [0.5, 0.6) is 0 Å². The maximum Gasteiger partial charge on any atom is 0.266 e. The van der Waals surface area contributed by atoms with Gasteiger partial charge in [-0.15, -0.1) is 0 Å². The molecule has 1 heterocycles. The van der Waals surface area contributed by atoms with Gasteiger partial charge in [-0.05, 0) is 36.6 Å². The molecule has 2 amide bonds. The number of primary amides is 1. The zero-order valence-corrected chi connectivity index (χ0v) is 13.1. The third-order valence-corrected chi connectivity index (χ3v) is 4.31. The van der Waals surface area contributed by atoms with Gasteiger partial charge in [0, 0.05) is 17.0 Å². The van der Waals surface area contributed by atoms with E-state index >= 15 is 0 Å². The Kier molecular flexibility index (Phi) is 4.34. The average molecular weight is 333 g/mol. The van der Waals surface area contributed by atoms with Crippen molar-refractivity contribution in [1.29, 1.82) is 0 Å². The molecule has 1 aliphatic carbocycles. The lowest BCUT2D eigenvalue weighted by atomic mass is 9.78. The molecule has 7 heteroatoms. The van der Waals surface area contributed by atoms with Crippen LogP contribution in [0.2, 0.25) is 5.02 Å². The number of hydrogen-bond acceptors (Lipinski definition) is 3. The second kappa shape index (κ2) is 6.42. The number of nitrogens with zero attached hydrogens (tertiary/aromatic N) is 1. The van der Waals surface area contributed by atoms with E-state index in [0.29, 0.717) is 17.1 Å². The molecule has 120 valence electrons.